The van der Waals surface area contributed by atoms with Crippen molar-refractivity contribution in [3.8, 4) is 10.6 Å². The number of amides is 1. The Bertz CT molecular complexity index is 963. The molecule has 4 rings (SSSR count). The van der Waals surface area contributed by atoms with Gasteiger partial charge in [-0.25, -0.2) is 9.50 Å². The lowest BCUT2D eigenvalue weighted by Crippen LogP contribution is -2.32. The van der Waals surface area contributed by atoms with E-state index in [0.29, 0.717) is 22.5 Å². The molecule has 1 fully saturated rings. The summed E-state index contributed by atoms with van der Waals surface area (Å²) in [6.07, 6.45) is -2.93. The number of rotatable bonds is 4. The van der Waals surface area contributed by atoms with E-state index in [1.54, 1.807) is 17.5 Å². The molecule has 0 saturated carbocycles. The quantitative estimate of drug-likeness (QED) is 0.734. The lowest BCUT2D eigenvalue weighted by molar-refractivity contribution is -0.142. The molecule has 0 radical (unpaired) electrons. The summed E-state index contributed by atoms with van der Waals surface area (Å²) in [5, 5.41) is 8.25. The number of aromatic nitrogens is 3. The van der Waals surface area contributed by atoms with Crippen LogP contribution in [-0.2, 0) is 10.9 Å². The van der Waals surface area contributed by atoms with Crippen molar-refractivity contribution in [1.29, 1.82) is 0 Å². The largest absolute Gasteiger partial charge is 0.433 e. The zero-order valence-corrected chi connectivity index (χ0v) is 14.8. The van der Waals surface area contributed by atoms with Gasteiger partial charge >= 0.3 is 6.18 Å². The van der Waals surface area contributed by atoms with E-state index in [-0.39, 0.29) is 23.1 Å². The smallest absolute Gasteiger partial charge is 0.376 e. The van der Waals surface area contributed by atoms with Crippen LogP contribution in [0.4, 0.5) is 13.2 Å². The van der Waals surface area contributed by atoms with Gasteiger partial charge in [0, 0.05) is 19.2 Å². The number of carbonyl (C=O) groups excluding carboxylic acids is 1. The number of fused-ring (bicyclic) bond motifs is 1. The first-order valence-electron chi connectivity index (χ1n) is 8.33. The van der Waals surface area contributed by atoms with Gasteiger partial charge in [-0.05, 0) is 30.4 Å². The lowest BCUT2D eigenvalue weighted by Gasteiger charge is -2.10. The van der Waals surface area contributed by atoms with E-state index in [0.717, 1.165) is 18.9 Å². The lowest BCUT2D eigenvalue weighted by atomic mass is 10.2. The molecule has 1 amide bonds. The molecule has 0 unspecified atom stereocenters. The third-order valence-corrected chi connectivity index (χ3v) is 5.13. The SMILES string of the molecule is O=C(NC[C@H]1CCCO1)c1cc2nc(-c3cccs3)cc(C(F)(F)F)n2n1. The molecule has 0 aromatic carbocycles. The summed E-state index contributed by atoms with van der Waals surface area (Å²) in [6, 6.07) is 5.63. The number of alkyl halides is 3. The number of halogens is 3. The standard InChI is InChI=1S/C17H15F3N4O2S/c18-17(19,20)14-7-11(13-4-2-6-27-13)22-15-8-12(23-24(14)15)16(25)21-9-10-3-1-5-26-10/h2,4,6-8,10H,1,3,5,9H2,(H,21,25)/t10-/m1/s1. The second kappa shape index (κ2) is 6.93. The first-order chi connectivity index (χ1) is 12.9. The minimum absolute atomic E-state index is 0.0320. The number of hydrogen-bond donors (Lipinski definition) is 1. The van der Waals surface area contributed by atoms with Crippen LogP contribution in [0, 0.1) is 0 Å². The molecule has 4 heterocycles. The van der Waals surface area contributed by atoms with Crippen LogP contribution in [0.5, 0.6) is 0 Å². The van der Waals surface area contributed by atoms with Crippen molar-refractivity contribution in [2.75, 3.05) is 13.2 Å². The molecular formula is C17H15F3N4O2S. The number of ether oxygens (including phenoxy) is 1. The van der Waals surface area contributed by atoms with Crippen molar-refractivity contribution in [3.63, 3.8) is 0 Å². The van der Waals surface area contributed by atoms with Crippen molar-refractivity contribution in [3.05, 3.63) is 41.0 Å². The maximum Gasteiger partial charge on any atom is 0.433 e. The molecule has 3 aromatic rings. The fraction of sp³-hybridized carbons (Fsp3) is 0.353. The van der Waals surface area contributed by atoms with Gasteiger partial charge in [0.05, 0.1) is 16.7 Å². The van der Waals surface area contributed by atoms with Gasteiger partial charge < -0.3 is 10.1 Å². The van der Waals surface area contributed by atoms with E-state index in [4.69, 9.17) is 4.74 Å². The Balaban J connectivity index is 1.68. The van der Waals surface area contributed by atoms with E-state index < -0.39 is 17.8 Å². The molecule has 1 aliphatic rings. The summed E-state index contributed by atoms with van der Waals surface area (Å²) in [7, 11) is 0. The van der Waals surface area contributed by atoms with E-state index >= 15 is 0 Å². The second-order valence-electron chi connectivity index (χ2n) is 6.15. The topological polar surface area (TPSA) is 68.5 Å². The van der Waals surface area contributed by atoms with Gasteiger partial charge in [-0.1, -0.05) is 6.07 Å². The molecule has 1 N–H and O–H groups in total. The molecule has 0 spiro atoms. The maximum atomic E-state index is 13.5. The van der Waals surface area contributed by atoms with E-state index in [1.165, 1.54) is 17.4 Å². The maximum absolute atomic E-state index is 13.5. The fourth-order valence-electron chi connectivity index (χ4n) is 2.94. The molecule has 10 heteroatoms. The van der Waals surface area contributed by atoms with Gasteiger partial charge in [0.2, 0.25) is 0 Å². The zero-order valence-electron chi connectivity index (χ0n) is 14.0. The normalized spacial score (nSPS) is 17.5. The first kappa shape index (κ1) is 17.9. The molecule has 1 saturated heterocycles. The molecule has 0 bridgehead atoms. The third-order valence-electron chi connectivity index (χ3n) is 4.24. The average molecular weight is 396 g/mol. The Hall–Kier alpha value is -2.46. The van der Waals surface area contributed by atoms with E-state index in [1.807, 2.05) is 0 Å². The van der Waals surface area contributed by atoms with Crippen LogP contribution in [0.1, 0.15) is 29.0 Å². The minimum atomic E-state index is -4.63. The Morgan fingerprint density at radius 2 is 2.26 bits per heavy atom. The van der Waals surface area contributed by atoms with Gasteiger partial charge in [0.25, 0.3) is 5.91 Å². The molecule has 1 aliphatic heterocycles. The van der Waals surface area contributed by atoms with Crippen molar-refractivity contribution in [1.82, 2.24) is 19.9 Å². The van der Waals surface area contributed by atoms with Crippen LogP contribution in [0.2, 0.25) is 0 Å². The predicted octanol–water partition coefficient (Wildman–Crippen LogP) is 3.39. The highest BCUT2D eigenvalue weighted by Crippen LogP contribution is 2.33. The summed E-state index contributed by atoms with van der Waals surface area (Å²) >= 11 is 1.29. The van der Waals surface area contributed by atoms with Crippen molar-refractivity contribution in [2.45, 2.75) is 25.1 Å². The van der Waals surface area contributed by atoms with Gasteiger partial charge in [0.1, 0.15) is 0 Å². The molecule has 27 heavy (non-hydrogen) atoms. The Morgan fingerprint density at radius 3 is 2.93 bits per heavy atom. The van der Waals surface area contributed by atoms with Crippen LogP contribution in [-0.4, -0.2) is 39.8 Å². The molecular weight excluding hydrogens is 381 g/mol. The Kier molecular flexibility index (Phi) is 4.60. The second-order valence-corrected chi connectivity index (χ2v) is 7.09. The van der Waals surface area contributed by atoms with Gasteiger partial charge in [-0.15, -0.1) is 11.3 Å². The zero-order chi connectivity index (χ0) is 19.0. The monoisotopic (exact) mass is 396 g/mol. The summed E-state index contributed by atoms with van der Waals surface area (Å²) in [5.74, 6) is -0.554. The summed E-state index contributed by atoms with van der Waals surface area (Å²) in [6.45, 7) is 0.950. The summed E-state index contributed by atoms with van der Waals surface area (Å²) in [5.41, 5.74) is -0.935. The van der Waals surface area contributed by atoms with Crippen LogP contribution in [0.25, 0.3) is 16.2 Å². The predicted molar refractivity (Wildman–Crippen MR) is 92.6 cm³/mol. The third kappa shape index (κ3) is 3.67. The fourth-order valence-corrected chi connectivity index (χ4v) is 3.63. The molecule has 142 valence electrons. The highest BCUT2D eigenvalue weighted by molar-refractivity contribution is 7.13. The number of carbonyl (C=O) groups is 1. The van der Waals surface area contributed by atoms with E-state index in [9.17, 15) is 18.0 Å². The van der Waals surface area contributed by atoms with Gasteiger partial charge in [-0.3, -0.25) is 4.79 Å². The Labute approximate surface area is 156 Å². The highest BCUT2D eigenvalue weighted by atomic mass is 32.1. The van der Waals surface area contributed by atoms with Gasteiger partial charge in [0.15, 0.2) is 17.0 Å². The number of nitrogens with one attached hydrogen (secondary N) is 1. The van der Waals surface area contributed by atoms with Gasteiger partial charge in [-0.2, -0.15) is 18.3 Å². The van der Waals surface area contributed by atoms with E-state index in [2.05, 4.69) is 15.4 Å². The first-order valence-corrected chi connectivity index (χ1v) is 9.21. The molecule has 6 nitrogen and oxygen atoms in total. The highest BCUT2D eigenvalue weighted by Gasteiger charge is 2.35. The number of hydrogen-bond acceptors (Lipinski definition) is 5. The summed E-state index contributed by atoms with van der Waals surface area (Å²) < 4.78 is 46.6. The van der Waals surface area contributed by atoms with Crippen molar-refractivity contribution in [2.24, 2.45) is 0 Å². The van der Waals surface area contributed by atoms with Crippen molar-refractivity contribution >= 4 is 22.9 Å². The van der Waals surface area contributed by atoms with Crippen LogP contribution < -0.4 is 5.32 Å². The minimum Gasteiger partial charge on any atom is -0.376 e. The van der Waals surface area contributed by atoms with Crippen LogP contribution in [0.15, 0.2) is 29.6 Å². The van der Waals surface area contributed by atoms with Crippen molar-refractivity contribution < 1.29 is 22.7 Å². The van der Waals surface area contributed by atoms with Crippen LogP contribution >= 0.6 is 11.3 Å². The Morgan fingerprint density at radius 1 is 1.41 bits per heavy atom. The number of nitrogens with zero attached hydrogens (tertiary/aromatic N) is 3. The number of thiophene rings is 1. The average Bonchev–Trinajstić information content (AvgIpc) is 3.38. The molecule has 0 aliphatic carbocycles. The summed E-state index contributed by atoms with van der Waals surface area (Å²) in [4.78, 5) is 17.1. The van der Waals surface area contributed by atoms with Crippen LogP contribution in [0.3, 0.4) is 0 Å². The molecule has 3 aromatic heterocycles. The molecule has 1 atom stereocenters.